The molecule has 0 saturated carbocycles. The highest BCUT2D eigenvalue weighted by Crippen LogP contribution is 2.31. The van der Waals surface area contributed by atoms with Gasteiger partial charge in [-0.05, 0) is 41.0 Å². The highest BCUT2D eigenvalue weighted by molar-refractivity contribution is 7.12. The van der Waals surface area contributed by atoms with Crippen molar-refractivity contribution in [2.75, 3.05) is 13.1 Å². The number of carbonyl (C=O) groups is 1. The van der Waals surface area contributed by atoms with Gasteiger partial charge >= 0.3 is 0 Å². The molecule has 1 aromatic heterocycles. The lowest BCUT2D eigenvalue weighted by Crippen LogP contribution is -2.43. The highest BCUT2D eigenvalue weighted by atomic mass is 32.1. The van der Waals surface area contributed by atoms with Crippen LogP contribution in [0.4, 0.5) is 0 Å². The number of benzene rings is 1. The molecule has 1 unspecified atom stereocenters. The molecule has 1 aliphatic heterocycles. The van der Waals surface area contributed by atoms with E-state index in [0.717, 1.165) is 29.8 Å². The van der Waals surface area contributed by atoms with E-state index in [4.69, 9.17) is 5.73 Å². The van der Waals surface area contributed by atoms with E-state index in [1.807, 2.05) is 22.4 Å². The zero-order chi connectivity index (χ0) is 14.8. The summed E-state index contributed by atoms with van der Waals surface area (Å²) < 4.78 is 0. The van der Waals surface area contributed by atoms with Gasteiger partial charge in [0.15, 0.2) is 0 Å². The first-order valence-electron chi connectivity index (χ1n) is 7.41. The fourth-order valence-corrected chi connectivity index (χ4v) is 4.03. The Kier molecular flexibility index (Phi) is 4.08. The molecule has 1 aliphatic rings. The SMILES string of the molecule is CCc1ccsc1C(=O)N1CCc2ccccc2C1CN. The topological polar surface area (TPSA) is 46.3 Å². The first kappa shape index (κ1) is 14.3. The van der Waals surface area contributed by atoms with E-state index in [1.54, 1.807) is 0 Å². The van der Waals surface area contributed by atoms with Crippen molar-refractivity contribution in [2.24, 2.45) is 5.73 Å². The van der Waals surface area contributed by atoms with Crippen molar-refractivity contribution in [1.82, 2.24) is 4.90 Å². The molecule has 0 saturated heterocycles. The highest BCUT2D eigenvalue weighted by Gasteiger charge is 2.31. The predicted molar refractivity (Wildman–Crippen MR) is 86.7 cm³/mol. The van der Waals surface area contributed by atoms with Crippen LogP contribution in [0.1, 0.15) is 39.3 Å². The average molecular weight is 300 g/mol. The van der Waals surface area contributed by atoms with Gasteiger partial charge in [0, 0.05) is 13.1 Å². The van der Waals surface area contributed by atoms with Gasteiger partial charge in [-0.2, -0.15) is 0 Å². The van der Waals surface area contributed by atoms with Crippen LogP contribution in [0.2, 0.25) is 0 Å². The van der Waals surface area contributed by atoms with Crippen LogP contribution >= 0.6 is 11.3 Å². The van der Waals surface area contributed by atoms with Crippen LogP contribution in [-0.2, 0) is 12.8 Å². The fraction of sp³-hybridized carbons (Fsp3) is 0.353. The van der Waals surface area contributed by atoms with Gasteiger partial charge in [-0.25, -0.2) is 0 Å². The Labute approximate surface area is 129 Å². The van der Waals surface area contributed by atoms with Gasteiger partial charge in [-0.3, -0.25) is 4.79 Å². The van der Waals surface area contributed by atoms with Gasteiger partial charge in [-0.15, -0.1) is 11.3 Å². The van der Waals surface area contributed by atoms with E-state index in [1.165, 1.54) is 22.5 Å². The Morgan fingerprint density at radius 3 is 2.95 bits per heavy atom. The normalized spacial score (nSPS) is 17.6. The minimum Gasteiger partial charge on any atom is -0.329 e. The third kappa shape index (κ3) is 2.49. The van der Waals surface area contributed by atoms with Gasteiger partial charge in [0.05, 0.1) is 10.9 Å². The maximum absolute atomic E-state index is 12.9. The Balaban J connectivity index is 1.94. The number of fused-ring (bicyclic) bond motifs is 1. The van der Waals surface area contributed by atoms with Gasteiger partial charge in [0.2, 0.25) is 0 Å². The molecule has 3 rings (SSSR count). The lowest BCUT2D eigenvalue weighted by Gasteiger charge is -2.36. The number of carbonyl (C=O) groups excluding carboxylic acids is 1. The molecule has 2 N–H and O–H groups in total. The summed E-state index contributed by atoms with van der Waals surface area (Å²) in [6.07, 6.45) is 1.80. The molecule has 4 heteroatoms. The van der Waals surface area contributed by atoms with Crippen LogP contribution in [0.5, 0.6) is 0 Å². The Bertz CT molecular complexity index is 650. The van der Waals surface area contributed by atoms with E-state index < -0.39 is 0 Å². The van der Waals surface area contributed by atoms with E-state index in [2.05, 4.69) is 25.1 Å². The molecule has 0 spiro atoms. The molecule has 1 amide bonds. The molecule has 0 bridgehead atoms. The molecule has 110 valence electrons. The zero-order valence-electron chi connectivity index (χ0n) is 12.2. The van der Waals surface area contributed by atoms with E-state index in [-0.39, 0.29) is 11.9 Å². The van der Waals surface area contributed by atoms with Crippen LogP contribution in [0.3, 0.4) is 0 Å². The molecule has 1 aromatic carbocycles. The lowest BCUT2D eigenvalue weighted by atomic mass is 9.92. The third-order valence-electron chi connectivity index (χ3n) is 4.22. The van der Waals surface area contributed by atoms with Crippen molar-refractivity contribution in [1.29, 1.82) is 0 Å². The molecule has 3 nitrogen and oxygen atoms in total. The van der Waals surface area contributed by atoms with Gasteiger partial charge < -0.3 is 10.6 Å². The summed E-state index contributed by atoms with van der Waals surface area (Å²) in [5.41, 5.74) is 9.64. The van der Waals surface area contributed by atoms with Crippen LogP contribution in [0.15, 0.2) is 35.7 Å². The van der Waals surface area contributed by atoms with Crippen molar-refractivity contribution >= 4 is 17.2 Å². The quantitative estimate of drug-likeness (QED) is 0.947. The first-order chi connectivity index (χ1) is 10.3. The summed E-state index contributed by atoms with van der Waals surface area (Å²) in [6.45, 7) is 3.30. The Morgan fingerprint density at radius 2 is 2.19 bits per heavy atom. The first-order valence-corrected chi connectivity index (χ1v) is 8.29. The van der Waals surface area contributed by atoms with Crippen LogP contribution < -0.4 is 5.73 Å². The molecule has 0 radical (unpaired) electrons. The number of nitrogens with two attached hydrogens (primary N) is 1. The molecule has 2 heterocycles. The van der Waals surface area contributed by atoms with Crippen molar-refractivity contribution in [3.63, 3.8) is 0 Å². The summed E-state index contributed by atoms with van der Waals surface area (Å²) in [5, 5.41) is 2.00. The molecule has 0 fully saturated rings. The smallest absolute Gasteiger partial charge is 0.264 e. The second-order valence-electron chi connectivity index (χ2n) is 5.33. The minimum atomic E-state index is -0.00532. The van der Waals surface area contributed by atoms with Gasteiger partial charge in [0.1, 0.15) is 0 Å². The maximum atomic E-state index is 12.9. The van der Waals surface area contributed by atoms with Crippen LogP contribution in [0, 0.1) is 0 Å². The Hall–Kier alpha value is -1.65. The van der Waals surface area contributed by atoms with E-state index in [9.17, 15) is 4.79 Å². The Morgan fingerprint density at radius 1 is 1.38 bits per heavy atom. The van der Waals surface area contributed by atoms with Gasteiger partial charge in [-0.1, -0.05) is 31.2 Å². The number of aryl methyl sites for hydroxylation is 1. The van der Waals surface area contributed by atoms with Gasteiger partial charge in [0.25, 0.3) is 5.91 Å². The number of rotatable bonds is 3. The molecule has 21 heavy (non-hydrogen) atoms. The fourth-order valence-electron chi connectivity index (χ4n) is 3.08. The lowest BCUT2D eigenvalue weighted by molar-refractivity contribution is 0.0672. The third-order valence-corrected chi connectivity index (χ3v) is 5.16. The number of amides is 1. The summed E-state index contributed by atoms with van der Waals surface area (Å²) in [4.78, 5) is 15.7. The van der Waals surface area contributed by atoms with Crippen molar-refractivity contribution < 1.29 is 4.79 Å². The predicted octanol–water partition coefficient (Wildman–Crippen LogP) is 3.01. The van der Waals surface area contributed by atoms with Crippen LogP contribution in [0.25, 0.3) is 0 Å². The second kappa shape index (κ2) is 6.00. The number of hydrogen-bond acceptors (Lipinski definition) is 3. The monoisotopic (exact) mass is 300 g/mol. The van der Waals surface area contributed by atoms with Crippen molar-refractivity contribution in [3.05, 3.63) is 57.3 Å². The second-order valence-corrected chi connectivity index (χ2v) is 6.24. The van der Waals surface area contributed by atoms with E-state index in [0.29, 0.717) is 6.54 Å². The molecular formula is C17H20N2OS. The minimum absolute atomic E-state index is 0.00532. The van der Waals surface area contributed by atoms with Crippen molar-refractivity contribution in [2.45, 2.75) is 25.8 Å². The number of nitrogens with zero attached hydrogens (tertiary/aromatic N) is 1. The maximum Gasteiger partial charge on any atom is 0.264 e. The number of hydrogen-bond donors (Lipinski definition) is 1. The van der Waals surface area contributed by atoms with Crippen LogP contribution in [-0.4, -0.2) is 23.9 Å². The molecule has 2 aromatic rings. The summed E-state index contributed by atoms with van der Waals surface area (Å²) in [5.74, 6) is 0.131. The largest absolute Gasteiger partial charge is 0.329 e. The summed E-state index contributed by atoms with van der Waals surface area (Å²) >= 11 is 1.54. The average Bonchev–Trinajstić information content (AvgIpc) is 3.01. The molecular weight excluding hydrogens is 280 g/mol. The van der Waals surface area contributed by atoms with Crippen molar-refractivity contribution in [3.8, 4) is 0 Å². The standard InChI is InChI=1S/C17H20N2OS/c1-2-12-8-10-21-16(12)17(20)19-9-7-13-5-3-4-6-14(13)15(19)11-18/h3-6,8,10,15H,2,7,9,11,18H2,1H3. The van der Waals surface area contributed by atoms with E-state index >= 15 is 0 Å². The molecule has 1 atom stereocenters. The number of thiophene rings is 1. The summed E-state index contributed by atoms with van der Waals surface area (Å²) in [6, 6.07) is 10.4. The molecule has 0 aliphatic carbocycles. The summed E-state index contributed by atoms with van der Waals surface area (Å²) in [7, 11) is 0. The zero-order valence-corrected chi connectivity index (χ0v) is 13.0.